The molecule has 0 fully saturated rings. The zero-order chi connectivity index (χ0) is 14.1. The fraction of sp³-hybridized carbons (Fsp3) is 0.357. The summed E-state index contributed by atoms with van der Waals surface area (Å²) < 4.78 is 0. The maximum atomic E-state index is 11.0. The van der Waals surface area contributed by atoms with Crippen LogP contribution in [0, 0.1) is 11.3 Å². The van der Waals surface area contributed by atoms with Gasteiger partial charge in [0.25, 0.3) is 5.91 Å². The number of carbonyl (C=O) groups excluding carboxylic acids is 1. The number of hydrogen-bond acceptors (Lipinski definition) is 4. The largest absolute Gasteiger partial charge is 0.372 e. The van der Waals surface area contributed by atoms with Gasteiger partial charge in [-0.15, -0.1) is 0 Å². The quantitative estimate of drug-likeness (QED) is 0.626. The topological polar surface area (TPSA) is 68.5 Å². The fourth-order valence-corrected chi connectivity index (χ4v) is 1.65. The van der Waals surface area contributed by atoms with Gasteiger partial charge in [-0.1, -0.05) is 12.1 Å². The van der Waals surface area contributed by atoms with Gasteiger partial charge >= 0.3 is 0 Å². The molecule has 0 heterocycles. The molecule has 0 saturated heterocycles. The molecule has 19 heavy (non-hydrogen) atoms. The van der Waals surface area contributed by atoms with Crippen molar-refractivity contribution in [2.75, 3.05) is 18.0 Å². The van der Waals surface area contributed by atoms with Gasteiger partial charge in [0, 0.05) is 18.8 Å². The SMILES string of the molecule is CCN(CC)c1ccc(C=NNC(=O)CC#N)cc1. The van der Waals surface area contributed by atoms with Crippen LogP contribution >= 0.6 is 0 Å². The van der Waals surface area contributed by atoms with E-state index in [2.05, 4.69) is 29.3 Å². The van der Waals surface area contributed by atoms with Crippen LogP contribution in [0.2, 0.25) is 0 Å². The first-order valence-electron chi connectivity index (χ1n) is 6.25. The van der Waals surface area contributed by atoms with Crippen LogP contribution in [-0.2, 0) is 4.79 Å². The van der Waals surface area contributed by atoms with E-state index in [0.29, 0.717) is 0 Å². The lowest BCUT2D eigenvalue weighted by Gasteiger charge is -2.20. The normalized spacial score (nSPS) is 10.2. The zero-order valence-electron chi connectivity index (χ0n) is 11.3. The molecule has 1 aromatic carbocycles. The van der Waals surface area contributed by atoms with Gasteiger partial charge in [0.05, 0.1) is 12.3 Å². The third kappa shape index (κ3) is 4.80. The van der Waals surface area contributed by atoms with Crippen molar-refractivity contribution in [2.45, 2.75) is 20.3 Å². The number of benzene rings is 1. The van der Waals surface area contributed by atoms with Crippen molar-refractivity contribution in [3.05, 3.63) is 29.8 Å². The standard InChI is InChI=1S/C14H18N4O/c1-3-18(4-2)13-7-5-12(6-8-13)11-16-17-14(19)9-10-15/h5-8,11H,3-4,9H2,1-2H3,(H,17,19). The molecule has 1 rings (SSSR count). The number of hydrogen-bond donors (Lipinski definition) is 1. The summed E-state index contributed by atoms with van der Waals surface area (Å²) in [6.07, 6.45) is 1.37. The van der Waals surface area contributed by atoms with Crippen molar-refractivity contribution in [2.24, 2.45) is 5.10 Å². The van der Waals surface area contributed by atoms with Crippen LogP contribution < -0.4 is 10.3 Å². The molecule has 0 radical (unpaired) electrons. The molecule has 0 aromatic heterocycles. The third-order valence-corrected chi connectivity index (χ3v) is 2.66. The Morgan fingerprint density at radius 3 is 2.53 bits per heavy atom. The summed E-state index contributed by atoms with van der Waals surface area (Å²) in [7, 11) is 0. The predicted octanol–water partition coefficient (Wildman–Crippen LogP) is 1.90. The van der Waals surface area contributed by atoms with Crippen LogP contribution in [-0.4, -0.2) is 25.2 Å². The maximum Gasteiger partial charge on any atom is 0.254 e. The minimum absolute atomic E-state index is 0.182. The average molecular weight is 258 g/mol. The number of anilines is 1. The Labute approximate surface area is 113 Å². The van der Waals surface area contributed by atoms with Crippen LogP contribution in [0.3, 0.4) is 0 Å². The molecule has 0 unspecified atom stereocenters. The van der Waals surface area contributed by atoms with Gasteiger partial charge in [0.1, 0.15) is 6.42 Å². The van der Waals surface area contributed by atoms with Crippen LogP contribution in [0.25, 0.3) is 0 Å². The van der Waals surface area contributed by atoms with Gasteiger partial charge in [0.2, 0.25) is 0 Å². The van der Waals surface area contributed by atoms with Crippen molar-refractivity contribution >= 4 is 17.8 Å². The molecular weight excluding hydrogens is 240 g/mol. The average Bonchev–Trinajstić information content (AvgIpc) is 2.42. The molecule has 0 saturated carbocycles. The Bertz CT molecular complexity index is 469. The smallest absolute Gasteiger partial charge is 0.254 e. The van der Waals surface area contributed by atoms with Crippen molar-refractivity contribution < 1.29 is 4.79 Å². The number of nitrogens with zero attached hydrogens (tertiary/aromatic N) is 3. The molecular formula is C14H18N4O. The molecule has 100 valence electrons. The Balaban J connectivity index is 2.60. The zero-order valence-corrected chi connectivity index (χ0v) is 11.3. The lowest BCUT2D eigenvalue weighted by molar-refractivity contribution is -0.120. The summed E-state index contributed by atoms with van der Waals surface area (Å²) in [4.78, 5) is 13.2. The van der Waals surface area contributed by atoms with E-state index in [0.717, 1.165) is 24.3 Å². The summed E-state index contributed by atoms with van der Waals surface area (Å²) in [6.45, 7) is 6.16. The van der Waals surface area contributed by atoms with Crippen LogP contribution in [0.15, 0.2) is 29.4 Å². The molecule has 0 aliphatic rings. The van der Waals surface area contributed by atoms with E-state index in [4.69, 9.17) is 5.26 Å². The molecule has 5 nitrogen and oxygen atoms in total. The van der Waals surface area contributed by atoms with Crippen molar-refractivity contribution in [1.29, 1.82) is 5.26 Å². The van der Waals surface area contributed by atoms with E-state index in [1.54, 1.807) is 12.3 Å². The number of amides is 1. The van der Waals surface area contributed by atoms with E-state index < -0.39 is 5.91 Å². The molecule has 0 spiro atoms. The molecule has 0 bridgehead atoms. The summed E-state index contributed by atoms with van der Waals surface area (Å²) in [6, 6.07) is 9.67. The summed E-state index contributed by atoms with van der Waals surface area (Å²) >= 11 is 0. The highest BCUT2D eigenvalue weighted by molar-refractivity contribution is 5.83. The number of carbonyl (C=O) groups is 1. The minimum Gasteiger partial charge on any atom is -0.372 e. The summed E-state index contributed by atoms with van der Waals surface area (Å²) in [5, 5.41) is 12.1. The first kappa shape index (κ1) is 14.7. The van der Waals surface area contributed by atoms with Gasteiger partial charge in [-0.3, -0.25) is 4.79 Å². The van der Waals surface area contributed by atoms with Gasteiger partial charge in [0.15, 0.2) is 0 Å². The Kier molecular flexibility index (Phi) is 6.10. The van der Waals surface area contributed by atoms with E-state index in [1.807, 2.05) is 24.3 Å². The van der Waals surface area contributed by atoms with Crippen LogP contribution in [0.5, 0.6) is 0 Å². The van der Waals surface area contributed by atoms with E-state index in [9.17, 15) is 4.79 Å². The highest BCUT2D eigenvalue weighted by Gasteiger charge is 2.00. The van der Waals surface area contributed by atoms with Gasteiger partial charge in [-0.25, -0.2) is 5.43 Å². The van der Waals surface area contributed by atoms with E-state index >= 15 is 0 Å². The van der Waals surface area contributed by atoms with Gasteiger partial charge in [-0.05, 0) is 31.5 Å². The highest BCUT2D eigenvalue weighted by atomic mass is 16.2. The third-order valence-electron chi connectivity index (χ3n) is 2.66. The maximum absolute atomic E-state index is 11.0. The Hall–Kier alpha value is -2.35. The molecule has 1 aromatic rings. The first-order valence-corrected chi connectivity index (χ1v) is 6.25. The van der Waals surface area contributed by atoms with E-state index in [1.165, 1.54) is 0 Å². The fourth-order valence-electron chi connectivity index (χ4n) is 1.65. The molecule has 1 N–H and O–H groups in total. The number of nitrogens with one attached hydrogen (secondary N) is 1. The number of nitriles is 1. The van der Waals surface area contributed by atoms with Crippen LogP contribution in [0.4, 0.5) is 5.69 Å². The molecule has 1 amide bonds. The Morgan fingerprint density at radius 2 is 2.00 bits per heavy atom. The van der Waals surface area contributed by atoms with Crippen molar-refractivity contribution in [1.82, 2.24) is 5.43 Å². The summed E-state index contributed by atoms with van der Waals surface area (Å²) in [5.74, 6) is -0.404. The van der Waals surface area contributed by atoms with E-state index in [-0.39, 0.29) is 6.42 Å². The first-order chi connectivity index (χ1) is 9.21. The molecule has 0 aliphatic heterocycles. The predicted molar refractivity (Wildman–Crippen MR) is 76.0 cm³/mol. The van der Waals surface area contributed by atoms with Gasteiger partial charge in [-0.2, -0.15) is 10.4 Å². The van der Waals surface area contributed by atoms with Crippen molar-refractivity contribution in [3.63, 3.8) is 0 Å². The van der Waals surface area contributed by atoms with Crippen LogP contribution in [0.1, 0.15) is 25.8 Å². The number of hydrazone groups is 1. The number of rotatable bonds is 6. The van der Waals surface area contributed by atoms with Gasteiger partial charge < -0.3 is 4.90 Å². The second kappa shape index (κ2) is 7.88. The second-order valence-electron chi connectivity index (χ2n) is 3.89. The van der Waals surface area contributed by atoms with Crippen molar-refractivity contribution in [3.8, 4) is 6.07 Å². The lowest BCUT2D eigenvalue weighted by Crippen LogP contribution is -2.21. The minimum atomic E-state index is -0.404. The Morgan fingerprint density at radius 1 is 1.37 bits per heavy atom. The summed E-state index contributed by atoms with van der Waals surface area (Å²) in [5.41, 5.74) is 4.35. The highest BCUT2D eigenvalue weighted by Crippen LogP contribution is 2.13. The second-order valence-corrected chi connectivity index (χ2v) is 3.89. The lowest BCUT2D eigenvalue weighted by atomic mass is 10.2. The molecule has 5 heteroatoms. The molecule has 0 aliphatic carbocycles. The monoisotopic (exact) mass is 258 g/mol. The molecule has 0 atom stereocenters.